The van der Waals surface area contributed by atoms with Crippen LogP contribution in [0.15, 0.2) is 66.7 Å². The standard InChI is InChI=1S/C26H24FN3O3/c1-16-9-10-17(2)23(13-16)30-24(26(31)28-21-8-6-5-7-20(21)27)15-22(29-30)19-12-11-18(32-3)14-25(19)33-4/h5-15H,1-4H3,(H,28,31). The van der Waals surface area contributed by atoms with Crippen LogP contribution >= 0.6 is 0 Å². The Labute approximate surface area is 191 Å². The minimum atomic E-state index is -0.513. The Hall–Kier alpha value is -4.13. The Kier molecular flexibility index (Phi) is 6.13. The molecule has 0 saturated carbocycles. The van der Waals surface area contributed by atoms with Gasteiger partial charge in [-0.15, -0.1) is 0 Å². The lowest BCUT2D eigenvalue weighted by atomic mass is 10.1. The quantitative estimate of drug-likeness (QED) is 0.422. The van der Waals surface area contributed by atoms with E-state index in [4.69, 9.17) is 14.6 Å². The number of aromatic nitrogens is 2. The van der Waals surface area contributed by atoms with Crippen LogP contribution in [0, 0.1) is 19.7 Å². The molecule has 0 aliphatic carbocycles. The van der Waals surface area contributed by atoms with E-state index in [0.29, 0.717) is 22.8 Å². The number of anilines is 1. The van der Waals surface area contributed by atoms with Crippen molar-refractivity contribution in [3.8, 4) is 28.4 Å². The predicted octanol–water partition coefficient (Wildman–Crippen LogP) is 5.56. The molecule has 7 heteroatoms. The summed E-state index contributed by atoms with van der Waals surface area (Å²) in [6, 6.07) is 19.0. The molecule has 0 fully saturated rings. The number of nitrogens with zero attached hydrogens (tertiary/aromatic N) is 2. The highest BCUT2D eigenvalue weighted by molar-refractivity contribution is 6.04. The van der Waals surface area contributed by atoms with E-state index in [1.54, 1.807) is 49.2 Å². The zero-order valence-corrected chi connectivity index (χ0v) is 18.8. The SMILES string of the molecule is COc1ccc(-c2cc(C(=O)Nc3ccccc3F)n(-c3cc(C)ccc3C)n2)c(OC)c1. The van der Waals surface area contributed by atoms with Crippen LogP contribution in [0.3, 0.4) is 0 Å². The number of hydrogen-bond acceptors (Lipinski definition) is 4. The predicted molar refractivity (Wildman–Crippen MR) is 126 cm³/mol. The van der Waals surface area contributed by atoms with Gasteiger partial charge in [-0.25, -0.2) is 9.07 Å². The Balaban J connectivity index is 1.86. The maximum Gasteiger partial charge on any atom is 0.274 e. The van der Waals surface area contributed by atoms with Crippen LogP contribution < -0.4 is 14.8 Å². The first-order valence-corrected chi connectivity index (χ1v) is 10.4. The maximum absolute atomic E-state index is 14.2. The molecule has 168 valence electrons. The van der Waals surface area contributed by atoms with Gasteiger partial charge in [-0.05, 0) is 61.4 Å². The van der Waals surface area contributed by atoms with E-state index >= 15 is 0 Å². The third-order valence-electron chi connectivity index (χ3n) is 5.34. The van der Waals surface area contributed by atoms with Crippen molar-refractivity contribution in [2.75, 3.05) is 19.5 Å². The molecule has 1 heterocycles. The van der Waals surface area contributed by atoms with Crippen LogP contribution in [0.5, 0.6) is 11.5 Å². The molecule has 0 saturated heterocycles. The largest absolute Gasteiger partial charge is 0.497 e. The minimum absolute atomic E-state index is 0.0970. The van der Waals surface area contributed by atoms with Gasteiger partial charge in [0.1, 0.15) is 23.0 Å². The van der Waals surface area contributed by atoms with Crippen molar-refractivity contribution in [2.24, 2.45) is 0 Å². The van der Waals surface area contributed by atoms with E-state index in [1.165, 1.54) is 12.1 Å². The highest BCUT2D eigenvalue weighted by Gasteiger charge is 2.21. The van der Waals surface area contributed by atoms with Crippen LogP contribution in [-0.4, -0.2) is 29.9 Å². The molecule has 33 heavy (non-hydrogen) atoms. The molecular weight excluding hydrogens is 421 g/mol. The van der Waals surface area contributed by atoms with Crippen molar-refractivity contribution in [2.45, 2.75) is 13.8 Å². The summed E-state index contributed by atoms with van der Waals surface area (Å²) in [6.45, 7) is 3.92. The van der Waals surface area contributed by atoms with Gasteiger partial charge >= 0.3 is 0 Å². The van der Waals surface area contributed by atoms with Crippen molar-refractivity contribution >= 4 is 11.6 Å². The first kappa shape index (κ1) is 22.1. The lowest BCUT2D eigenvalue weighted by molar-refractivity contribution is 0.101. The van der Waals surface area contributed by atoms with Crippen molar-refractivity contribution < 1.29 is 18.7 Å². The highest BCUT2D eigenvalue weighted by Crippen LogP contribution is 2.34. The fourth-order valence-electron chi connectivity index (χ4n) is 3.56. The van der Waals surface area contributed by atoms with E-state index < -0.39 is 11.7 Å². The molecular formula is C26H24FN3O3. The molecule has 3 aromatic carbocycles. The fourth-order valence-corrected chi connectivity index (χ4v) is 3.56. The molecule has 6 nitrogen and oxygen atoms in total. The highest BCUT2D eigenvalue weighted by atomic mass is 19.1. The van der Waals surface area contributed by atoms with Gasteiger partial charge in [0, 0.05) is 11.6 Å². The van der Waals surface area contributed by atoms with Crippen molar-refractivity contribution in [1.82, 2.24) is 9.78 Å². The molecule has 0 radical (unpaired) electrons. The van der Waals surface area contributed by atoms with Crippen molar-refractivity contribution in [3.05, 3.63) is 89.4 Å². The average Bonchev–Trinajstić information content (AvgIpc) is 3.26. The van der Waals surface area contributed by atoms with Gasteiger partial charge in [0.25, 0.3) is 5.91 Å². The first-order valence-electron chi connectivity index (χ1n) is 10.4. The fraction of sp³-hybridized carbons (Fsp3) is 0.154. The van der Waals surface area contributed by atoms with Crippen LogP contribution in [0.1, 0.15) is 21.6 Å². The number of para-hydroxylation sites is 1. The summed E-state index contributed by atoms with van der Waals surface area (Å²) >= 11 is 0. The number of amides is 1. The molecule has 0 atom stereocenters. The summed E-state index contributed by atoms with van der Waals surface area (Å²) < 4.78 is 26.6. The molecule has 1 aromatic heterocycles. The average molecular weight is 445 g/mol. The molecule has 0 spiro atoms. The van der Waals surface area contributed by atoms with Gasteiger partial charge in [0.2, 0.25) is 0 Å². The third-order valence-corrected chi connectivity index (χ3v) is 5.34. The lowest BCUT2D eigenvalue weighted by Crippen LogP contribution is -2.18. The Morgan fingerprint density at radius 2 is 1.76 bits per heavy atom. The molecule has 0 aliphatic heterocycles. The number of carbonyl (C=O) groups excluding carboxylic acids is 1. The van der Waals surface area contributed by atoms with E-state index in [1.807, 2.05) is 38.1 Å². The zero-order chi connectivity index (χ0) is 23.5. The van der Waals surface area contributed by atoms with Crippen LogP contribution in [0.25, 0.3) is 16.9 Å². The summed E-state index contributed by atoms with van der Waals surface area (Å²) in [5.41, 5.74) is 4.32. The number of ether oxygens (including phenoxy) is 2. The molecule has 1 amide bonds. The second kappa shape index (κ2) is 9.16. The third kappa shape index (κ3) is 4.43. The lowest BCUT2D eigenvalue weighted by Gasteiger charge is -2.12. The second-order valence-electron chi connectivity index (χ2n) is 7.62. The number of methoxy groups -OCH3 is 2. The summed E-state index contributed by atoms with van der Waals surface area (Å²) in [5, 5.41) is 7.40. The molecule has 0 unspecified atom stereocenters. The molecule has 0 bridgehead atoms. The Bertz CT molecular complexity index is 1330. The van der Waals surface area contributed by atoms with Crippen molar-refractivity contribution in [1.29, 1.82) is 0 Å². The Morgan fingerprint density at radius 1 is 0.970 bits per heavy atom. The number of halogens is 1. The van der Waals surface area contributed by atoms with Gasteiger partial charge in [0.15, 0.2) is 0 Å². The molecule has 4 aromatic rings. The van der Waals surface area contributed by atoms with E-state index in [2.05, 4.69) is 5.32 Å². The van der Waals surface area contributed by atoms with Gasteiger partial charge in [-0.1, -0.05) is 24.3 Å². The summed E-state index contributed by atoms with van der Waals surface area (Å²) in [4.78, 5) is 13.3. The van der Waals surface area contributed by atoms with E-state index in [0.717, 1.165) is 16.8 Å². The number of carbonyl (C=O) groups is 1. The number of nitrogens with one attached hydrogen (secondary N) is 1. The number of rotatable bonds is 6. The first-order chi connectivity index (χ1) is 15.9. The summed E-state index contributed by atoms with van der Waals surface area (Å²) in [6.07, 6.45) is 0. The molecule has 1 N–H and O–H groups in total. The normalized spacial score (nSPS) is 10.7. The van der Waals surface area contributed by atoms with Crippen LogP contribution in [0.4, 0.5) is 10.1 Å². The van der Waals surface area contributed by atoms with Crippen molar-refractivity contribution in [3.63, 3.8) is 0 Å². The number of aryl methyl sites for hydroxylation is 2. The second-order valence-corrected chi connectivity index (χ2v) is 7.62. The van der Waals surface area contributed by atoms with Gasteiger partial charge in [-0.2, -0.15) is 5.10 Å². The van der Waals surface area contributed by atoms with Crippen LogP contribution in [0.2, 0.25) is 0 Å². The smallest absolute Gasteiger partial charge is 0.274 e. The number of benzene rings is 3. The topological polar surface area (TPSA) is 65.4 Å². The van der Waals surface area contributed by atoms with Crippen LogP contribution in [-0.2, 0) is 0 Å². The monoisotopic (exact) mass is 445 g/mol. The van der Waals surface area contributed by atoms with E-state index in [9.17, 15) is 9.18 Å². The Morgan fingerprint density at radius 3 is 2.48 bits per heavy atom. The zero-order valence-electron chi connectivity index (χ0n) is 18.8. The summed E-state index contributed by atoms with van der Waals surface area (Å²) in [7, 11) is 3.14. The maximum atomic E-state index is 14.2. The molecule has 0 aliphatic rings. The molecule has 4 rings (SSSR count). The van der Waals surface area contributed by atoms with Gasteiger partial charge in [-0.3, -0.25) is 4.79 Å². The van der Waals surface area contributed by atoms with E-state index in [-0.39, 0.29) is 11.4 Å². The number of hydrogen-bond donors (Lipinski definition) is 1. The van der Waals surface area contributed by atoms with Gasteiger partial charge < -0.3 is 14.8 Å². The summed E-state index contributed by atoms with van der Waals surface area (Å²) in [5.74, 6) is 0.205. The van der Waals surface area contributed by atoms with Gasteiger partial charge in [0.05, 0.1) is 31.3 Å². The minimum Gasteiger partial charge on any atom is -0.497 e.